The molecule has 0 spiro atoms. The minimum Gasteiger partial charge on any atom is -0.394 e. The molecular weight excluding hydrogens is 365 g/mol. The molecule has 3 heterocycles. The first-order valence-electron chi connectivity index (χ1n) is 5.73. The molecule has 19 heavy (non-hydrogen) atoms. The van der Waals surface area contributed by atoms with E-state index in [1.54, 1.807) is 4.57 Å². The molecule has 0 bridgehead atoms. The van der Waals surface area contributed by atoms with Gasteiger partial charge in [0.05, 0.1) is 19.0 Å². The second kappa shape index (κ2) is 4.72. The molecule has 1 saturated heterocycles. The van der Waals surface area contributed by atoms with Crippen LogP contribution in [0.4, 0.5) is 5.95 Å². The maximum atomic E-state index is 11.7. The summed E-state index contributed by atoms with van der Waals surface area (Å²) in [5.74, 6) is 0.0435. The SMILES string of the molecule is Nc1nc2c(ncn2[C@H]2CC(I)[C@@H](CO)O2)c(=O)[nH]1. The van der Waals surface area contributed by atoms with E-state index in [0.717, 1.165) is 0 Å². The summed E-state index contributed by atoms with van der Waals surface area (Å²) in [6, 6.07) is 0. The van der Waals surface area contributed by atoms with Crippen LogP contribution in [0.25, 0.3) is 11.2 Å². The van der Waals surface area contributed by atoms with Gasteiger partial charge in [0.15, 0.2) is 11.2 Å². The molecule has 1 aliphatic rings. The van der Waals surface area contributed by atoms with Gasteiger partial charge < -0.3 is 15.6 Å². The van der Waals surface area contributed by atoms with E-state index in [-0.39, 0.29) is 39.9 Å². The minimum absolute atomic E-state index is 0.0348. The van der Waals surface area contributed by atoms with Gasteiger partial charge in [-0.1, -0.05) is 22.6 Å². The van der Waals surface area contributed by atoms with Crippen molar-refractivity contribution in [2.24, 2.45) is 0 Å². The van der Waals surface area contributed by atoms with Gasteiger partial charge in [0.1, 0.15) is 6.23 Å². The fourth-order valence-corrected chi connectivity index (χ4v) is 3.01. The molecule has 3 atom stereocenters. The van der Waals surface area contributed by atoms with Crippen molar-refractivity contribution >= 4 is 39.7 Å². The lowest BCUT2D eigenvalue weighted by Crippen LogP contribution is -2.20. The zero-order valence-electron chi connectivity index (χ0n) is 9.78. The number of nitrogens with zero attached hydrogens (tertiary/aromatic N) is 3. The molecule has 2 aromatic heterocycles. The maximum absolute atomic E-state index is 11.7. The lowest BCUT2D eigenvalue weighted by molar-refractivity contribution is -0.0191. The molecule has 8 nitrogen and oxygen atoms in total. The van der Waals surface area contributed by atoms with E-state index in [4.69, 9.17) is 10.5 Å². The molecule has 1 fully saturated rings. The average molecular weight is 377 g/mol. The van der Waals surface area contributed by atoms with E-state index in [2.05, 4.69) is 37.5 Å². The molecule has 1 unspecified atom stereocenters. The highest BCUT2D eigenvalue weighted by molar-refractivity contribution is 14.1. The van der Waals surface area contributed by atoms with Crippen LogP contribution in [0.5, 0.6) is 0 Å². The molecule has 0 aromatic carbocycles. The first-order chi connectivity index (χ1) is 9.10. The molecule has 1 aliphatic heterocycles. The highest BCUT2D eigenvalue weighted by Gasteiger charge is 2.34. The van der Waals surface area contributed by atoms with Crippen LogP contribution in [0.2, 0.25) is 0 Å². The van der Waals surface area contributed by atoms with Gasteiger partial charge >= 0.3 is 0 Å². The van der Waals surface area contributed by atoms with Crippen molar-refractivity contribution in [1.29, 1.82) is 0 Å². The van der Waals surface area contributed by atoms with Crippen LogP contribution in [0.3, 0.4) is 0 Å². The molecule has 3 rings (SSSR count). The number of hydrogen-bond donors (Lipinski definition) is 3. The van der Waals surface area contributed by atoms with Gasteiger partial charge in [0, 0.05) is 10.3 Å². The van der Waals surface area contributed by atoms with Crippen LogP contribution in [0.1, 0.15) is 12.6 Å². The third-order valence-corrected chi connectivity index (χ3v) is 4.41. The maximum Gasteiger partial charge on any atom is 0.280 e. The Balaban J connectivity index is 2.05. The monoisotopic (exact) mass is 377 g/mol. The van der Waals surface area contributed by atoms with E-state index >= 15 is 0 Å². The summed E-state index contributed by atoms with van der Waals surface area (Å²) in [7, 11) is 0. The number of imidazole rings is 1. The van der Waals surface area contributed by atoms with Gasteiger partial charge in [0.25, 0.3) is 5.56 Å². The molecule has 2 aromatic rings. The highest BCUT2D eigenvalue weighted by Crippen LogP contribution is 2.34. The van der Waals surface area contributed by atoms with Crippen LogP contribution in [-0.4, -0.2) is 41.3 Å². The van der Waals surface area contributed by atoms with Crippen molar-refractivity contribution in [1.82, 2.24) is 19.5 Å². The molecule has 9 heteroatoms. The number of rotatable bonds is 2. The summed E-state index contributed by atoms with van der Waals surface area (Å²) in [6.45, 7) is -0.0348. The van der Waals surface area contributed by atoms with Crippen molar-refractivity contribution in [2.75, 3.05) is 12.3 Å². The second-order valence-corrected chi connectivity index (χ2v) is 5.94. The number of nitrogens with two attached hydrogens (primary N) is 1. The number of aliphatic hydroxyl groups excluding tert-OH is 1. The van der Waals surface area contributed by atoms with Gasteiger partial charge in [-0.3, -0.25) is 14.3 Å². The summed E-state index contributed by atoms with van der Waals surface area (Å²) >= 11 is 2.24. The smallest absolute Gasteiger partial charge is 0.280 e. The van der Waals surface area contributed by atoms with Gasteiger partial charge in [-0.2, -0.15) is 4.98 Å². The quantitative estimate of drug-likeness (QED) is 0.492. The van der Waals surface area contributed by atoms with E-state index in [1.807, 2.05) is 0 Å². The van der Waals surface area contributed by atoms with Crippen molar-refractivity contribution in [3.05, 3.63) is 16.7 Å². The number of halogens is 1. The number of nitrogen functional groups attached to an aromatic ring is 1. The average Bonchev–Trinajstić information content (AvgIpc) is 2.92. The number of H-pyrrole nitrogens is 1. The predicted octanol–water partition coefficient (Wildman–Crippen LogP) is -0.215. The van der Waals surface area contributed by atoms with Crippen LogP contribution < -0.4 is 11.3 Å². The van der Waals surface area contributed by atoms with Gasteiger partial charge in [0.2, 0.25) is 5.95 Å². The van der Waals surface area contributed by atoms with Gasteiger partial charge in [-0.05, 0) is 0 Å². The van der Waals surface area contributed by atoms with Crippen LogP contribution in [0.15, 0.2) is 11.1 Å². The zero-order valence-corrected chi connectivity index (χ0v) is 11.9. The second-order valence-electron chi connectivity index (χ2n) is 4.34. The summed E-state index contributed by atoms with van der Waals surface area (Å²) in [6.07, 6.45) is 1.71. The largest absolute Gasteiger partial charge is 0.394 e. The molecule has 0 saturated carbocycles. The summed E-state index contributed by atoms with van der Waals surface area (Å²) < 4.78 is 7.61. The Morgan fingerprint density at radius 2 is 2.47 bits per heavy atom. The summed E-state index contributed by atoms with van der Waals surface area (Å²) in [5.41, 5.74) is 5.80. The van der Waals surface area contributed by atoms with Crippen LogP contribution in [0, 0.1) is 0 Å². The molecule has 0 aliphatic carbocycles. The van der Waals surface area contributed by atoms with Crippen LogP contribution in [-0.2, 0) is 4.74 Å². The standard InChI is InChI=1S/C10H12IN5O3/c11-4-1-6(19-5(4)2-17)16-3-13-7-8(16)14-10(12)15-9(7)18/h3-6,17H,1-2H2,(H3,12,14,15,18)/t4?,5-,6-/m1/s1. The fraction of sp³-hybridized carbons (Fsp3) is 0.500. The number of fused-ring (bicyclic) bond motifs is 1. The molecule has 4 N–H and O–H groups in total. The third-order valence-electron chi connectivity index (χ3n) is 3.10. The first kappa shape index (κ1) is 12.8. The Kier molecular flexibility index (Phi) is 3.19. The molecule has 0 amide bonds. The van der Waals surface area contributed by atoms with Crippen molar-refractivity contribution < 1.29 is 9.84 Å². The lowest BCUT2D eigenvalue weighted by atomic mass is 10.2. The predicted molar refractivity (Wildman–Crippen MR) is 76.0 cm³/mol. The number of aromatic amines is 1. The Morgan fingerprint density at radius 3 is 3.16 bits per heavy atom. The Morgan fingerprint density at radius 1 is 1.68 bits per heavy atom. The van der Waals surface area contributed by atoms with E-state index in [0.29, 0.717) is 12.1 Å². The number of hydrogen-bond acceptors (Lipinski definition) is 6. The van der Waals surface area contributed by atoms with E-state index < -0.39 is 0 Å². The van der Waals surface area contributed by atoms with Gasteiger partial charge in [-0.25, -0.2) is 4.98 Å². The topological polar surface area (TPSA) is 119 Å². The van der Waals surface area contributed by atoms with Crippen molar-refractivity contribution in [3.8, 4) is 0 Å². The van der Waals surface area contributed by atoms with Crippen molar-refractivity contribution in [2.45, 2.75) is 22.7 Å². The van der Waals surface area contributed by atoms with E-state index in [9.17, 15) is 9.90 Å². The van der Waals surface area contributed by atoms with Crippen molar-refractivity contribution in [3.63, 3.8) is 0 Å². The number of aromatic nitrogens is 4. The normalized spacial score (nSPS) is 27.2. The minimum atomic E-state index is -0.371. The van der Waals surface area contributed by atoms with E-state index in [1.165, 1.54) is 6.33 Å². The number of anilines is 1. The van der Waals surface area contributed by atoms with Crippen LogP contribution >= 0.6 is 22.6 Å². The first-order valence-corrected chi connectivity index (χ1v) is 6.97. The Labute approximate surface area is 121 Å². The molecule has 0 radical (unpaired) electrons. The summed E-state index contributed by atoms with van der Waals surface area (Å²) in [5, 5.41) is 9.21. The zero-order chi connectivity index (χ0) is 13.6. The number of alkyl halides is 1. The number of ether oxygens (including phenoxy) is 1. The Bertz CT molecular complexity index is 669. The lowest BCUT2D eigenvalue weighted by Gasteiger charge is -2.13. The Hall–Kier alpha value is -1.20. The fourth-order valence-electron chi connectivity index (χ4n) is 2.18. The third kappa shape index (κ3) is 2.11. The highest BCUT2D eigenvalue weighted by atomic mass is 127. The number of nitrogens with one attached hydrogen (secondary N) is 1. The number of aliphatic hydroxyl groups is 1. The molecular formula is C10H12IN5O3. The van der Waals surface area contributed by atoms with Gasteiger partial charge in [-0.15, -0.1) is 0 Å². The molecule has 102 valence electrons. The summed E-state index contributed by atoms with van der Waals surface area (Å²) in [4.78, 5) is 22.2.